The minimum atomic E-state index is 0.240. The van der Waals surface area contributed by atoms with E-state index in [1.165, 1.54) is 16.7 Å². The lowest BCUT2D eigenvalue weighted by Gasteiger charge is -2.30. The van der Waals surface area contributed by atoms with Crippen molar-refractivity contribution in [2.24, 2.45) is 11.7 Å². The van der Waals surface area contributed by atoms with Crippen LogP contribution >= 0.6 is 0 Å². The number of carbonyl (C=O) groups is 1. The Morgan fingerprint density at radius 3 is 2.50 bits per heavy atom. The molecule has 4 rings (SSSR count). The van der Waals surface area contributed by atoms with Gasteiger partial charge in [0.2, 0.25) is 5.91 Å². The molecule has 0 spiro atoms. The third-order valence-corrected chi connectivity index (χ3v) is 5.89. The van der Waals surface area contributed by atoms with Gasteiger partial charge >= 0.3 is 0 Å². The molecule has 1 amide bonds. The number of hydrogen-bond acceptors (Lipinski definition) is 3. The SMILES string of the molecule is NC[C@@H]1CN(CC(=O)N2CCc3ccccc3C2)C[C@H]1c1ccccc1. The van der Waals surface area contributed by atoms with Crippen molar-refractivity contribution < 1.29 is 4.79 Å². The number of nitrogens with zero attached hydrogens (tertiary/aromatic N) is 2. The van der Waals surface area contributed by atoms with E-state index < -0.39 is 0 Å². The summed E-state index contributed by atoms with van der Waals surface area (Å²) in [5.41, 5.74) is 10.0. The zero-order valence-electron chi connectivity index (χ0n) is 15.2. The fraction of sp³-hybridized carbons (Fsp3) is 0.409. The minimum Gasteiger partial charge on any atom is -0.337 e. The van der Waals surface area contributed by atoms with Gasteiger partial charge in [-0.15, -0.1) is 0 Å². The van der Waals surface area contributed by atoms with Gasteiger partial charge in [-0.05, 0) is 35.6 Å². The van der Waals surface area contributed by atoms with Crippen LogP contribution < -0.4 is 5.73 Å². The lowest BCUT2D eigenvalue weighted by molar-refractivity contribution is -0.133. The molecule has 1 fully saturated rings. The van der Waals surface area contributed by atoms with Crippen LogP contribution in [0.5, 0.6) is 0 Å². The Kier molecular flexibility index (Phi) is 5.05. The zero-order valence-corrected chi connectivity index (χ0v) is 15.2. The molecule has 26 heavy (non-hydrogen) atoms. The van der Waals surface area contributed by atoms with E-state index in [2.05, 4.69) is 53.4 Å². The number of carbonyl (C=O) groups excluding carboxylic acids is 1. The molecule has 2 heterocycles. The maximum atomic E-state index is 12.9. The highest BCUT2D eigenvalue weighted by Crippen LogP contribution is 2.32. The largest absolute Gasteiger partial charge is 0.337 e. The number of fused-ring (bicyclic) bond motifs is 1. The van der Waals surface area contributed by atoms with Gasteiger partial charge < -0.3 is 10.6 Å². The smallest absolute Gasteiger partial charge is 0.237 e. The maximum Gasteiger partial charge on any atom is 0.237 e. The summed E-state index contributed by atoms with van der Waals surface area (Å²) in [7, 11) is 0. The second-order valence-electron chi connectivity index (χ2n) is 7.54. The molecule has 0 radical (unpaired) electrons. The van der Waals surface area contributed by atoms with Gasteiger partial charge in [-0.1, -0.05) is 54.6 Å². The molecule has 4 heteroatoms. The van der Waals surface area contributed by atoms with Crippen molar-refractivity contribution in [1.29, 1.82) is 0 Å². The normalized spacial score (nSPS) is 23.0. The quantitative estimate of drug-likeness (QED) is 0.921. The molecule has 2 aromatic carbocycles. The summed E-state index contributed by atoms with van der Waals surface area (Å²) < 4.78 is 0. The van der Waals surface area contributed by atoms with Crippen molar-refractivity contribution in [2.75, 3.05) is 32.7 Å². The third kappa shape index (κ3) is 3.53. The third-order valence-electron chi connectivity index (χ3n) is 5.89. The van der Waals surface area contributed by atoms with Crippen molar-refractivity contribution in [3.63, 3.8) is 0 Å². The molecule has 2 aliphatic heterocycles. The summed E-state index contributed by atoms with van der Waals surface area (Å²) in [6, 6.07) is 19.0. The molecule has 0 bridgehead atoms. The molecule has 0 unspecified atom stereocenters. The first kappa shape index (κ1) is 17.3. The number of benzene rings is 2. The fourth-order valence-corrected chi connectivity index (χ4v) is 4.41. The molecule has 2 N–H and O–H groups in total. The van der Waals surface area contributed by atoms with Crippen LogP contribution in [0.15, 0.2) is 54.6 Å². The molecule has 136 valence electrons. The Morgan fingerprint density at radius 2 is 1.73 bits per heavy atom. The summed E-state index contributed by atoms with van der Waals surface area (Å²) >= 11 is 0. The Labute approximate surface area is 155 Å². The first-order valence-corrected chi connectivity index (χ1v) is 9.56. The van der Waals surface area contributed by atoms with Crippen molar-refractivity contribution in [3.8, 4) is 0 Å². The highest BCUT2D eigenvalue weighted by molar-refractivity contribution is 5.78. The number of hydrogen-bond donors (Lipinski definition) is 1. The zero-order chi connectivity index (χ0) is 17.9. The van der Waals surface area contributed by atoms with Crippen LogP contribution in [0.25, 0.3) is 0 Å². The van der Waals surface area contributed by atoms with Crippen LogP contribution in [0.3, 0.4) is 0 Å². The molecule has 2 aromatic rings. The predicted octanol–water partition coefficient (Wildman–Crippen LogP) is 2.25. The summed E-state index contributed by atoms with van der Waals surface area (Å²) in [5.74, 6) is 1.09. The Balaban J connectivity index is 1.39. The standard InChI is InChI=1S/C22H27N3O/c23-12-20-13-24(15-21(20)18-7-2-1-3-8-18)16-22(26)25-11-10-17-6-4-5-9-19(17)14-25/h1-9,20-21H,10-16,23H2/t20-,21+/m1/s1. The van der Waals surface area contributed by atoms with E-state index in [0.717, 1.165) is 32.6 Å². The molecule has 2 aliphatic rings. The van der Waals surface area contributed by atoms with E-state index in [4.69, 9.17) is 5.73 Å². The molecule has 0 saturated carbocycles. The monoisotopic (exact) mass is 349 g/mol. The van der Waals surface area contributed by atoms with Crippen molar-refractivity contribution in [3.05, 3.63) is 71.3 Å². The summed E-state index contributed by atoms with van der Waals surface area (Å²) in [6.45, 7) is 4.56. The van der Waals surface area contributed by atoms with Gasteiger partial charge in [0.05, 0.1) is 6.54 Å². The van der Waals surface area contributed by atoms with E-state index >= 15 is 0 Å². The molecule has 0 aliphatic carbocycles. The predicted molar refractivity (Wildman–Crippen MR) is 104 cm³/mol. The Morgan fingerprint density at radius 1 is 1.00 bits per heavy atom. The van der Waals surface area contributed by atoms with Gasteiger partial charge in [0.15, 0.2) is 0 Å². The number of amides is 1. The van der Waals surface area contributed by atoms with Gasteiger partial charge in [0.25, 0.3) is 0 Å². The highest BCUT2D eigenvalue weighted by Gasteiger charge is 2.34. The first-order valence-electron chi connectivity index (χ1n) is 9.56. The van der Waals surface area contributed by atoms with E-state index in [-0.39, 0.29) is 5.91 Å². The maximum absolute atomic E-state index is 12.9. The average Bonchev–Trinajstić information content (AvgIpc) is 3.11. The van der Waals surface area contributed by atoms with Crippen molar-refractivity contribution in [1.82, 2.24) is 9.80 Å². The van der Waals surface area contributed by atoms with Gasteiger partial charge in [0.1, 0.15) is 0 Å². The molecule has 1 saturated heterocycles. The van der Waals surface area contributed by atoms with Crippen LogP contribution in [-0.2, 0) is 17.8 Å². The van der Waals surface area contributed by atoms with E-state index in [9.17, 15) is 4.79 Å². The van der Waals surface area contributed by atoms with Gasteiger partial charge in [-0.2, -0.15) is 0 Å². The van der Waals surface area contributed by atoms with Crippen LogP contribution in [0, 0.1) is 5.92 Å². The van der Waals surface area contributed by atoms with Crippen LogP contribution in [0.1, 0.15) is 22.6 Å². The fourth-order valence-electron chi connectivity index (χ4n) is 4.41. The topological polar surface area (TPSA) is 49.6 Å². The number of nitrogens with two attached hydrogens (primary N) is 1. The Bertz CT molecular complexity index is 761. The average molecular weight is 349 g/mol. The molecule has 2 atom stereocenters. The lowest BCUT2D eigenvalue weighted by Crippen LogP contribution is -2.42. The van der Waals surface area contributed by atoms with Gasteiger partial charge in [-0.3, -0.25) is 9.69 Å². The molecular weight excluding hydrogens is 322 g/mol. The summed E-state index contributed by atoms with van der Waals surface area (Å²) in [6.07, 6.45) is 0.958. The van der Waals surface area contributed by atoms with Crippen LogP contribution in [0.4, 0.5) is 0 Å². The minimum absolute atomic E-state index is 0.240. The van der Waals surface area contributed by atoms with Crippen LogP contribution in [-0.4, -0.2) is 48.4 Å². The second kappa shape index (κ2) is 7.60. The first-order chi connectivity index (χ1) is 12.7. The lowest BCUT2D eigenvalue weighted by atomic mass is 9.89. The van der Waals surface area contributed by atoms with E-state index in [1.54, 1.807) is 0 Å². The number of likely N-dealkylation sites (tertiary alicyclic amines) is 1. The highest BCUT2D eigenvalue weighted by atomic mass is 16.2. The van der Waals surface area contributed by atoms with Crippen molar-refractivity contribution in [2.45, 2.75) is 18.9 Å². The van der Waals surface area contributed by atoms with Crippen LogP contribution in [0.2, 0.25) is 0 Å². The summed E-state index contributed by atoms with van der Waals surface area (Å²) in [5, 5.41) is 0. The number of rotatable bonds is 4. The van der Waals surface area contributed by atoms with Crippen molar-refractivity contribution >= 4 is 5.91 Å². The molecular formula is C22H27N3O. The molecule has 4 nitrogen and oxygen atoms in total. The van der Waals surface area contributed by atoms with E-state index in [0.29, 0.717) is 24.9 Å². The summed E-state index contributed by atoms with van der Waals surface area (Å²) in [4.78, 5) is 17.2. The molecule has 0 aromatic heterocycles. The Hall–Kier alpha value is -2.17. The second-order valence-corrected chi connectivity index (χ2v) is 7.54. The van der Waals surface area contributed by atoms with E-state index in [1.807, 2.05) is 11.0 Å². The van der Waals surface area contributed by atoms with Gasteiger partial charge in [-0.25, -0.2) is 0 Å². The van der Waals surface area contributed by atoms with Gasteiger partial charge in [0, 0.05) is 32.1 Å².